The van der Waals surface area contributed by atoms with Crippen LogP contribution in [0.5, 0.6) is 0 Å². The zero-order valence-electron chi connectivity index (χ0n) is 4.38. The molecule has 1 fully saturated rings. The monoisotopic (exact) mass is 323 g/mol. The standard InChI is InChI=1S/C5H9I2/c1-5-6-3-4-7(5)2/h1,3-4H2,2H3/q-1. The second kappa shape index (κ2) is 2.66. The Morgan fingerprint density at radius 2 is 2.57 bits per heavy atom. The fraction of sp³-hybridized carbons (Fsp3) is 0.600. The third kappa shape index (κ3) is 1.55. The van der Waals surface area contributed by atoms with Crippen LogP contribution in [0.2, 0.25) is 0 Å². The van der Waals surface area contributed by atoms with Crippen LogP contribution in [0.3, 0.4) is 0 Å². The van der Waals surface area contributed by atoms with Gasteiger partial charge in [0.25, 0.3) is 0 Å². The molecule has 1 aliphatic heterocycles. The fourth-order valence-corrected chi connectivity index (χ4v) is 14.4. The summed E-state index contributed by atoms with van der Waals surface area (Å²) in [6.45, 7) is 4.05. The molecule has 7 heavy (non-hydrogen) atoms. The molecule has 44 valence electrons. The van der Waals surface area contributed by atoms with Crippen LogP contribution in [0.25, 0.3) is 0 Å². The molecule has 0 radical (unpaired) electrons. The van der Waals surface area contributed by atoms with E-state index in [2.05, 4.69) is 11.5 Å². The molecule has 0 aliphatic carbocycles. The molecule has 0 aromatic rings. The molecule has 1 heterocycles. The summed E-state index contributed by atoms with van der Waals surface area (Å²) in [4.78, 5) is 2.44. The van der Waals surface area contributed by atoms with E-state index in [1.807, 2.05) is 0 Å². The van der Waals surface area contributed by atoms with Crippen molar-refractivity contribution in [1.82, 2.24) is 0 Å². The molecule has 0 nitrogen and oxygen atoms in total. The van der Waals surface area contributed by atoms with E-state index in [1.165, 1.54) is 0 Å². The van der Waals surface area contributed by atoms with Gasteiger partial charge in [0.1, 0.15) is 0 Å². The van der Waals surface area contributed by atoms with Gasteiger partial charge in [0.15, 0.2) is 0 Å². The van der Waals surface area contributed by atoms with Crippen LogP contribution in [-0.2, 0) is 0 Å². The van der Waals surface area contributed by atoms with Crippen LogP contribution in [0, 0.1) is 0 Å². The summed E-state index contributed by atoms with van der Waals surface area (Å²) >= 11 is 0.0772. The predicted octanol–water partition coefficient (Wildman–Crippen LogP) is -1.30. The summed E-state index contributed by atoms with van der Waals surface area (Å²) in [6, 6.07) is 0. The number of rotatable bonds is 0. The Kier molecular flexibility index (Phi) is 2.40. The van der Waals surface area contributed by atoms with Crippen LogP contribution < -0.4 is 21.2 Å². The normalized spacial score (nSPS) is 27.6. The van der Waals surface area contributed by atoms with Crippen molar-refractivity contribution >= 4 is 19.8 Å². The van der Waals surface area contributed by atoms with Crippen LogP contribution in [0.4, 0.5) is 0 Å². The molecule has 2 heteroatoms. The van der Waals surface area contributed by atoms with Crippen molar-refractivity contribution in [3.8, 4) is 0 Å². The number of alkyl halides is 3. The average molecular weight is 323 g/mol. The van der Waals surface area contributed by atoms with Crippen molar-refractivity contribution in [2.45, 2.75) is 0 Å². The molecular weight excluding hydrogens is 314 g/mol. The Morgan fingerprint density at radius 3 is 2.71 bits per heavy atom. The molecule has 1 rings (SSSR count). The second-order valence-corrected chi connectivity index (χ2v) is 12.4. The Bertz CT molecular complexity index is 88.1. The summed E-state index contributed by atoms with van der Waals surface area (Å²) in [5.41, 5.74) is 0. The second-order valence-electron chi connectivity index (χ2n) is 1.44. The van der Waals surface area contributed by atoms with Gasteiger partial charge in [-0.1, -0.05) is 0 Å². The molecule has 0 N–H and O–H groups in total. The minimum absolute atomic E-state index is 0.437. The molecule has 0 aromatic heterocycles. The zero-order valence-corrected chi connectivity index (χ0v) is 8.69. The number of hydrogen-bond donors (Lipinski definition) is 0. The van der Waals surface area contributed by atoms with Gasteiger partial charge in [-0.15, -0.1) is 0 Å². The van der Waals surface area contributed by atoms with Gasteiger partial charge in [0.05, 0.1) is 0 Å². The topological polar surface area (TPSA) is 0 Å². The van der Waals surface area contributed by atoms with E-state index >= 15 is 0 Å². The van der Waals surface area contributed by atoms with Crippen LogP contribution in [0.1, 0.15) is 0 Å². The molecule has 1 aliphatic rings. The Labute approximate surface area is 62.4 Å². The molecule has 0 atom stereocenters. The average Bonchev–Trinajstić information content (AvgIpc) is 1.91. The van der Waals surface area contributed by atoms with Gasteiger partial charge >= 0.3 is 63.0 Å². The van der Waals surface area contributed by atoms with Crippen molar-refractivity contribution in [2.75, 3.05) is 13.8 Å². The van der Waals surface area contributed by atoms with E-state index in [1.54, 1.807) is 10.4 Å². The fourth-order valence-electron chi connectivity index (χ4n) is 0.434. The Morgan fingerprint density at radius 1 is 1.86 bits per heavy atom. The Balaban J connectivity index is 2.48. The SMILES string of the molecule is C=C1[I-]CCI1C. The van der Waals surface area contributed by atoms with Gasteiger partial charge in [0.2, 0.25) is 0 Å². The maximum atomic E-state index is 4.05. The third-order valence-electron chi connectivity index (χ3n) is 0.944. The first-order valence-electron chi connectivity index (χ1n) is 2.14. The molecule has 0 aromatic carbocycles. The third-order valence-corrected chi connectivity index (χ3v) is 15.7. The zero-order chi connectivity index (χ0) is 5.28. The number of hydrogen-bond acceptors (Lipinski definition) is 0. The van der Waals surface area contributed by atoms with Gasteiger partial charge in [-0.2, -0.15) is 0 Å². The van der Waals surface area contributed by atoms with E-state index in [0.717, 1.165) is 0 Å². The first-order chi connectivity index (χ1) is 3.30. The van der Waals surface area contributed by atoms with Crippen molar-refractivity contribution in [2.24, 2.45) is 0 Å². The van der Waals surface area contributed by atoms with Crippen molar-refractivity contribution in [1.29, 1.82) is 0 Å². The van der Waals surface area contributed by atoms with Gasteiger partial charge in [-0.05, 0) is 0 Å². The van der Waals surface area contributed by atoms with Gasteiger partial charge in [-0.3, -0.25) is 0 Å². The van der Waals surface area contributed by atoms with Gasteiger partial charge in [0, 0.05) is 0 Å². The first kappa shape index (κ1) is 6.32. The van der Waals surface area contributed by atoms with Crippen molar-refractivity contribution < 1.29 is 21.2 Å². The summed E-state index contributed by atoms with van der Waals surface area (Å²) in [6.07, 6.45) is 0. The molecule has 0 amide bonds. The van der Waals surface area contributed by atoms with E-state index in [0.29, 0.717) is 21.2 Å². The van der Waals surface area contributed by atoms with E-state index in [9.17, 15) is 0 Å². The van der Waals surface area contributed by atoms with Crippen LogP contribution >= 0.6 is 19.8 Å². The van der Waals surface area contributed by atoms with Gasteiger partial charge < -0.3 is 0 Å². The first-order valence-corrected chi connectivity index (χ1v) is 9.51. The minimum atomic E-state index is -0.437. The summed E-state index contributed by atoms with van der Waals surface area (Å²) < 4.78 is 4.86. The van der Waals surface area contributed by atoms with Crippen LogP contribution in [-0.4, -0.2) is 13.8 Å². The summed E-state index contributed by atoms with van der Waals surface area (Å²) in [7, 11) is 0. The molecule has 0 bridgehead atoms. The molecule has 1 saturated heterocycles. The van der Waals surface area contributed by atoms with Crippen molar-refractivity contribution in [3.63, 3.8) is 0 Å². The predicted molar refractivity (Wildman–Crippen MR) is 38.8 cm³/mol. The molecular formula is C5H9I2-. The van der Waals surface area contributed by atoms with E-state index in [-0.39, 0.29) is 0 Å². The Hall–Kier alpha value is 1.20. The quantitative estimate of drug-likeness (QED) is 0.384. The van der Waals surface area contributed by atoms with Gasteiger partial charge in [-0.25, -0.2) is 0 Å². The maximum absolute atomic E-state index is 4.05. The molecule has 0 spiro atoms. The molecule has 0 unspecified atom stereocenters. The number of halogens is 2. The van der Waals surface area contributed by atoms with E-state index in [4.69, 9.17) is 0 Å². The summed E-state index contributed by atoms with van der Waals surface area (Å²) in [5, 5.41) is 0. The van der Waals surface area contributed by atoms with Crippen LogP contribution in [0.15, 0.2) is 8.17 Å². The van der Waals surface area contributed by atoms with Crippen molar-refractivity contribution in [3.05, 3.63) is 8.17 Å². The van der Waals surface area contributed by atoms with E-state index < -0.39 is 19.8 Å². The molecule has 0 saturated carbocycles. The summed E-state index contributed by atoms with van der Waals surface area (Å²) in [5.74, 6) is 0.